The summed E-state index contributed by atoms with van der Waals surface area (Å²) in [5, 5.41) is 5.75. The summed E-state index contributed by atoms with van der Waals surface area (Å²) in [4.78, 5) is 25.7. The van der Waals surface area contributed by atoms with E-state index in [0.717, 1.165) is 19.5 Å². The fourth-order valence-electron chi connectivity index (χ4n) is 3.71. The molecule has 126 valence electrons. The van der Waals surface area contributed by atoms with Crippen molar-refractivity contribution in [1.82, 2.24) is 10.2 Å². The van der Waals surface area contributed by atoms with E-state index in [4.69, 9.17) is 6.42 Å². The Bertz CT molecular complexity index is 662. The van der Waals surface area contributed by atoms with E-state index in [1.807, 2.05) is 0 Å². The second-order valence-corrected chi connectivity index (χ2v) is 6.67. The second-order valence-electron chi connectivity index (χ2n) is 6.67. The van der Waals surface area contributed by atoms with Gasteiger partial charge in [-0.1, -0.05) is 0 Å². The standard InChI is InChI=1S/C19H23N3O2/c1-3-14-12-22-9-8-16(14)10-18(22)11-20-19(24)21-17-6-4-15(5-7-17)13(2)23/h1,4-7,14,16,18H,8-12H2,2H3,(H2,20,21,24)/t14-,16-,18+/m0/s1. The zero-order valence-corrected chi connectivity index (χ0v) is 13.9. The van der Waals surface area contributed by atoms with Gasteiger partial charge in [0.05, 0.1) is 0 Å². The predicted octanol–water partition coefficient (Wildman–Crippen LogP) is 2.35. The van der Waals surface area contributed by atoms with Gasteiger partial charge in [0.2, 0.25) is 0 Å². The average molecular weight is 325 g/mol. The van der Waals surface area contributed by atoms with Crippen LogP contribution in [0, 0.1) is 24.2 Å². The molecule has 2 N–H and O–H groups in total. The average Bonchev–Trinajstić information content (AvgIpc) is 2.60. The largest absolute Gasteiger partial charge is 0.336 e. The predicted molar refractivity (Wildman–Crippen MR) is 93.9 cm³/mol. The van der Waals surface area contributed by atoms with Crippen molar-refractivity contribution in [2.75, 3.05) is 25.0 Å². The summed E-state index contributed by atoms with van der Waals surface area (Å²) in [5.74, 6) is 3.87. The minimum absolute atomic E-state index is 0.0117. The molecule has 1 aromatic rings. The zero-order chi connectivity index (χ0) is 17.1. The summed E-state index contributed by atoms with van der Waals surface area (Å²) in [6.45, 7) is 4.17. The molecule has 4 rings (SSSR count). The van der Waals surface area contributed by atoms with E-state index in [0.29, 0.717) is 35.7 Å². The summed E-state index contributed by atoms with van der Waals surface area (Å²) < 4.78 is 0. The van der Waals surface area contributed by atoms with Crippen LogP contribution in [0.1, 0.15) is 30.1 Å². The molecule has 0 aromatic heterocycles. The Morgan fingerprint density at radius 1 is 1.33 bits per heavy atom. The first kappa shape index (κ1) is 16.5. The van der Waals surface area contributed by atoms with Crippen LogP contribution in [-0.2, 0) is 0 Å². The molecule has 24 heavy (non-hydrogen) atoms. The molecule has 3 aliphatic rings. The van der Waals surface area contributed by atoms with Gasteiger partial charge in [-0.25, -0.2) is 4.79 Å². The van der Waals surface area contributed by atoms with Gasteiger partial charge in [0, 0.05) is 36.3 Å². The van der Waals surface area contributed by atoms with E-state index in [-0.39, 0.29) is 11.8 Å². The molecular formula is C19H23N3O2. The Balaban J connectivity index is 1.48. The number of urea groups is 1. The van der Waals surface area contributed by atoms with Crippen molar-refractivity contribution in [2.45, 2.75) is 25.8 Å². The van der Waals surface area contributed by atoms with E-state index < -0.39 is 0 Å². The van der Waals surface area contributed by atoms with E-state index in [1.165, 1.54) is 13.3 Å². The second kappa shape index (κ2) is 7.06. The lowest BCUT2D eigenvalue weighted by Crippen LogP contribution is -2.56. The van der Waals surface area contributed by atoms with Crippen molar-refractivity contribution in [2.24, 2.45) is 11.8 Å². The van der Waals surface area contributed by atoms with E-state index in [1.54, 1.807) is 24.3 Å². The normalized spacial score (nSPS) is 28.0. The van der Waals surface area contributed by atoms with Gasteiger partial charge in [-0.05, 0) is 56.5 Å². The van der Waals surface area contributed by atoms with E-state index >= 15 is 0 Å². The Kier molecular flexibility index (Phi) is 4.86. The third-order valence-electron chi connectivity index (χ3n) is 5.14. The molecule has 2 amide bonds. The van der Waals surface area contributed by atoms with Gasteiger partial charge in [-0.2, -0.15) is 0 Å². The summed E-state index contributed by atoms with van der Waals surface area (Å²) >= 11 is 0. The number of terminal acetylenes is 1. The third-order valence-corrected chi connectivity index (χ3v) is 5.14. The van der Waals surface area contributed by atoms with Crippen molar-refractivity contribution in [3.05, 3.63) is 29.8 Å². The maximum atomic E-state index is 12.1. The van der Waals surface area contributed by atoms with Crippen molar-refractivity contribution in [1.29, 1.82) is 0 Å². The number of benzene rings is 1. The van der Waals surface area contributed by atoms with Crippen LogP contribution in [0.2, 0.25) is 0 Å². The lowest BCUT2D eigenvalue weighted by Gasteiger charge is -2.48. The molecule has 3 fully saturated rings. The maximum absolute atomic E-state index is 12.1. The highest BCUT2D eigenvalue weighted by molar-refractivity contribution is 5.95. The van der Waals surface area contributed by atoms with Crippen LogP contribution in [-0.4, -0.2) is 42.4 Å². The number of rotatable bonds is 4. The Hall–Kier alpha value is -2.32. The number of amides is 2. The van der Waals surface area contributed by atoms with Crippen LogP contribution in [0.5, 0.6) is 0 Å². The van der Waals surface area contributed by atoms with Crippen molar-refractivity contribution in [3.8, 4) is 12.3 Å². The van der Waals surface area contributed by atoms with Gasteiger partial charge in [0.15, 0.2) is 5.78 Å². The third kappa shape index (κ3) is 3.60. The zero-order valence-electron chi connectivity index (χ0n) is 13.9. The number of anilines is 1. The number of piperidine rings is 3. The Morgan fingerprint density at radius 3 is 2.67 bits per heavy atom. The summed E-state index contributed by atoms with van der Waals surface area (Å²) in [6, 6.07) is 7.05. The molecule has 3 aliphatic heterocycles. The van der Waals surface area contributed by atoms with Crippen molar-refractivity contribution < 1.29 is 9.59 Å². The summed E-state index contributed by atoms with van der Waals surface area (Å²) in [5.41, 5.74) is 1.31. The van der Waals surface area contributed by atoms with Crippen LogP contribution >= 0.6 is 0 Å². The topological polar surface area (TPSA) is 61.4 Å². The fourth-order valence-corrected chi connectivity index (χ4v) is 3.71. The highest BCUT2D eigenvalue weighted by atomic mass is 16.2. The number of Topliss-reactive ketones (excluding diaryl/α,β-unsaturated/α-hetero) is 1. The minimum atomic E-state index is -0.221. The van der Waals surface area contributed by atoms with Gasteiger partial charge in [0.25, 0.3) is 0 Å². The lowest BCUT2D eigenvalue weighted by atomic mass is 9.76. The molecule has 0 spiro atoms. The molecule has 3 heterocycles. The summed E-state index contributed by atoms with van der Waals surface area (Å²) in [7, 11) is 0. The number of carbonyl (C=O) groups is 2. The summed E-state index contributed by atoms with van der Waals surface area (Å²) in [6.07, 6.45) is 7.82. The first-order chi connectivity index (χ1) is 11.6. The first-order valence-electron chi connectivity index (χ1n) is 8.43. The monoisotopic (exact) mass is 325 g/mol. The number of carbonyl (C=O) groups excluding carboxylic acids is 2. The molecule has 0 saturated carbocycles. The lowest BCUT2D eigenvalue weighted by molar-refractivity contribution is 0.0242. The van der Waals surface area contributed by atoms with E-state index in [9.17, 15) is 9.59 Å². The fraction of sp³-hybridized carbons (Fsp3) is 0.474. The molecule has 1 aromatic carbocycles. The van der Waals surface area contributed by atoms with Gasteiger partial charge >= 0.3 is 6.03 Å². The van der Waals surface area contributed by atoms with Crippen LogP contribution in [0.25, 0.3) is 0 Å². The van der Waals surface area contributed by atoms with Gasteiger partial charge in [-0.15, -0.1) is 12.3 Å². The van der Waals surface area contributed by atoms with Gasteiger partial charge in [-0.3, -0.25) is 9.69 Å². The van der Waals surface area contributed by atoms with Crippen LogP contribution in [0.4, 0.5) is 10.5 Å². The number of fused-ring (bicyclic) bond motifs is 3. The number of hydrogen-bond acceptors (Lipinski definition) is 3. The highest BCUT2D eigenvalue weighted by Gasteiger charge is 2.39. The van der Waals surface area contributed by atoms with Crippen molar-refractivity contribution >= 4 is 17.5 Å². The quantitative estimate of drug-likeness (QED) is 0.660. The van der Waals surface area contributed by atoms with E-state index in [2.05, 4.69) is 21.5 Å². The smallest absolute Gasteiger partial charge is 0.319 e. The molecule has 5 heteroatoms. The SMILES string of the molecule is C#C[C@H]1CN2CC[C@H]1C[C@@H]2CNC(=O)Nc1ccc(C(C)=O)cc1. The molecule has 0 radical (unpaired) electrons. The molecule has 5 nitrogen and oxygen atoms in total. The molecule has 3 saturated heterocycles. The van der Waals surface area contributed by atoms with Gasteiger partial charge < -0.3 is 10.6 Å². The maximum Gasteiger partial charge on any atom is 0.319 e. The molecule has 0 aliphatic carbocycles. The highest BCUT2D eigenvalue weighted by Crippen LogP contribution is 2.35. The molecular weight excluding hydrogens is 302 g/mol. The minimum Gasteiger partial charge on any atom is -0.336 e. The van der Waals surface area contributed by atoms with Crippen LogP contribution in [0.3, 0.4) is 0 Å². The number of nitrogens with zero attached hydrogens (tertiary/aromatic N) is 1. The van der Waals surface area contributed by atoms with Crippen LogP contribution < -0.4 is 10.6 Å². The first-order valence-corrected chi connectivity index (χ1v) is 8.43. The van der Waals surface area contributed by atoms with Crippen molar-refractivity contribution in [3.63, 3.8) is 0 Å². The molecule has 2 bridgehead atoms. The molecule has 4 atom stereocenters. The Labute approximate surface area is 142 Å². The van der Waals surface area contributed by atoms with Gasteiger partial charge in [0.1, 0.15) is 0 Å². The number of nitrogens with one attached hydrogen (secondary N) is 2. The number of ketones is 1. The molecule has 1 unspecified atom stereocenters. The van der Waals surface area contributed by atoms with Crippen LogP contribution in [0.15, 0.2) is 24.3 Å². The Morgan fingerprint density at radius 2 is 2.08 bits per heavy atom. The number of hydrogen-bond donors (Lipinski definition) is 2.